The number of carbonyl (C=O) groups is 2. The molecule has 156 valence electrons. The number of hydrogen-bond acceptors (Lipinski definition) is 7. The van der Waals surface area contributed by atoms with E-state index in [1.165, 1.54) is 18.5 Å². The van der Waals surface area contributed by atoms with E-state index in [1.54, 1.807) is 48.5 Å². The van der Waals surface area contributed by atoms with Gasteiger partial charge in [0.05, 0.1) is 23.8 Å². The summed E-state index contributed by atoms with van der Waals surface area (Å²) in [4.78, 5) is 38.4. The summed E-state index contributed by atoms with van der Waals surface area (Å²) >= 11 is 0. The van der Waals surface area contributed by atoms with Gasteiger partial charge in [0.1, 0.15) is 17.0 Å². The van der Waals surface area contributed by atoms with Crippen molar-refractivity contribution in [3.8, 4) is 11.3 Å². The van der Waals surface area contributed by atoms with E-state index in [0.29, 0.717) is 16.2 Å². The Labute approximate surface area is 169 Å². The number of carbonyl (C=O) groups excluding carboxylic acids is 2. The molecule has 0 unspecified atom stereocenters. The molecule has 0 atom stereocenters. The van der Waals surface area contributed by atoms with E-state index in [-0.39, 0.29) is 11.5 Å². The molecule has 2 amide bonds. The second-order valence-electron chi connectivity index (χ2n) is 8.35. The van der Waals surface area contributed by atoms with Gasteiger partial charge in [-0.05, 0) is 54.5 Å². The lowest BCUT2D eigenvalue weighted by Gasteiger charge is -2.28. The number of aromatic nitrogens is 3. The van der Waals surface area contributed by atoms with Crippen LogP contribution in [0.15, 0.2) is 24.7 Å². The van der Waals surface area contributed by atoms with Gasteiger partial charge < -0.3 is 9.47 Å². The Bertz CT molecular complexity index is 891. The first-order chi connectivity index (χ1) is 13.3. The molecule has 2 aromatic rings. The Morgan fingerprint density at radius 2 is 1.52 bits per heavy atom. The first kappa shape index (κ1) is 22.2. The maximum atomic E-state index is 13.4. The Hall–Kier alpha value is -3.10. The average molecular weight is 404 g/mol. The van der Waals surface area contributed by atoms with E-state index in [9.17, 15) is 14.0 Å². The van der Waals surface area contributed by atoms with Gasteiger partial charge in [-0.3, -0.25) is 4.98 Å². The lowest BCUT2D eigenvalue weighted by molar-refractivity contribution is 0.0428. The highest BCUT2D eigenvalue weighted by molar-refractivity contribution is 6.09. The normalized spacial score (nSPS) is 11.7. The molecule has 0 N–H and O–H groups in total. The molecule has 8 nitrogen and oxygen atoms in total. The molecule has 0 aromatic carbocycles. The van der Waals surface area contributed by atoms with Crippen LogP contribution >= 0.6 is 0 Å². The van der Waals surface area contributed by atoms with Gasteiger partial charge >= 0.3 is 12.2 Å². The predicted molar refractivity (Wildman–Crippen MR) is 105 cm³/mol. The fourth-order valence-electron chi connectivity index (χ4n) is 2.25. The lowest BCUT2D eigenvalue weighted by Crippen LogP contribution is -2.44. The molecular weight excluding hydrogens is 379 g/mol. The van der Waals surface area contributed by atoms with Gasteiger partial charge in [-0.1, -0.05) is 0 Å². The summed E-state index contributed by atoms with van der Waals surface area (Å²) in [6.07, 6.45) is 1.95. The molecule has 0 saturated heterocycles. The molecule has 29 heavy (non-hydrogen) atoms. The highest BCUT2D eigenvalue weighted by Gasteiger charge is 2.34. The van der Waals surface area contributed by atoms with Crippen LogP contribution in [0, 0.1) is 12.7 Å². The number of amides is 2. The third-order valence-electron chi connectivity index (χ3n) is 3.29. The standard InChI is InChI=1S/C20H25FN4O4/c1-12-16(23-11-15(24-12)13-8-14(21)10-22-9-13)25(17(26)28-19(2,3)4)18(27)29-20(5,6)7/h8-11H,1-7H3. The number of nitrogens with zero attached hydrogens (tertiary/aromatic N) is 4. The molecule has 9 heteroatoms. The van der Waals surface area contributed by atoms with E-state index in [0.717, 1.165) is 6.20 Å². The summed E-state index contributed by atoms with van der Waals surface area (Å²) in [6.45, 7) is 11.6. The van der Waals surface area contributed by atoms with Crippen LogP contribution in [0.4, 0.5) is 19.8 Å². The van der Waals surface area contributed by atoms with E-state index in [4.69, 9.17) is 9.47 Å². The zero-order valence-corrected chi connectivity index (χ0v) is 17.6. The summed E-state index contributed by atoms with van der Waals surface area (Å²) in [6, 6.07) is 1.26. The van der Waals surface area contributed by atoms with Crippen molar-refractivity contribution in [3.05, 3.63) is 36.2 Å². The van der Waals surface area contributed by atoms with Crippen LogP contribution in [0.3, 0.4) is 0 Å². The summed E-state index contributed by atoms with van der Waals surface area (Å²) in [5.74, 6) is -0.559. The Balaban J connectivity index is 2.46. The number of imide groups is 1. The smallest absolute Gasteiger partial charge is 0.425 e. The number of ether oxygens (including phenoxy) is 2. The van der Waals surface area contributed by atoms with Crippen LogP contribution < -0.4 is 4.90 Å². The topological polar surface area (TPSA) is 94.5 Å². The predicted octanol–water partition coefficient (Wildman–Crippen LogP) is 4.66. The molecule has 2 heterocycles. The van der Waals surface area contributed by atoms with Crippen molar-refractivity contribution in [1.29, 1.82) is 0 Å². The highest BCUT2D eigenvalue weighted by Crippen LogP contribution is 2.25. The molecule has 2 rings (SSSR count). The Morgan fingerprint density at radius 3 is 1.97 bits per heavy atom. The molecular formula is C20H25FN4O4. The second-order valence-corrected chi connectivity index (χ2v) is 8.35. The van der Waals surface area contributed by atoms with E-state index >= 15 is 0 Å². The van der Waals surface area contributed by atoms with Gasteiger partial charge in [0, 0.05) is 11.8 Å². The van der Waals surface area contributed by atoms with E-state index in [2.05, 4.69) is 15.0 Å². The number of pyridine rings is 1. The summed E-state index contributed by atoms with van der Waals surface area (Å²) < 4.78 is 24.1. The summed E-state index contributed by atoms with van der Waals surface area (Å²) in [7, 11) is 0. The van der Waals surface area contributed by atoms with Gasteiger partial charge in [-0.2, -0.15) is 4.90 Å². The highest BCUT2D eigenvalue weighted by atomic mass is 19.1. The van der Waals surface area contributed by atoms with Gasteiger partial charge in [0.15, 0.2) is 5.82 Å². The van der Waals surface area contributed by atoms with Crippen molar-refractivity contribution in [1.82, 2.24) is 15.0 Å². The minimum atomic E-state index is -0.940. The van der Waals surface area contributed by atoms with Gasteiger partial charge in [-0.25, -0.2) is 23.9 Å². The van der Waals surface area contributed by atoms with Crippen molar-refractivity contribution in [3.63, 3.8) is 0 Å². The quantitative estimate of drug-likeness (QED) is 0.718. The molecule has 0 aliphatic heterocycles. The monoisotopic (exact) mass is 404 g/mol. The molecule has 0 aliphatic rings. The fourth-order valence-corrected chi connectivity index (χ4v) is 2.25. The van der Waals surface area contributed by atoms with Gasteiger partial charge in [0.25, 0.3) is 0 Å². The molecule has 0 saturated carbocycles. The van der Waals surface area contributed by atoms with Crippen molar-refractivity contribution in [2.75, 3.05) is 4.90 Å². The zero-order valence-electron chi connectivity index (χ0n) is 17.6. The van der Waals surface area contributed by atoms with Crippen LogP contribution in [-0.4, -0.2) is 38.3 Å². The molecule has 0 aliphatic carbocycles. The van der Waals surface area contributed by atoms with Crippen LogP contribution in [0.5, 0.6) is 0 Å². The number of rotatable bonds is 2. The summed E-state index contributed by atoms with van der Waals surface area (Å²) in [5.41, 5.74) is -0.680. The maximum absolute atomic E-state index is 13.4. The largest absolute Gasteiger partial charge is 0.443 e. The van der Waals surface area contributed by atoms with Crippen LogP contribution in [0.25, 0.3) is 11.3 Å². The molecule has 2 aromatic heterocycles. The van der Waals surface area contributed by atoms with E-state index in [1.807, 2.05) is 0 Å². The molecule has 0 fully saturated rings. The van der Waals surface area contributed by atoms with Crippen molar-refractivity contribution in [2.24, 2.45) is 0 Å². The van der Waals surface area contributed by atoms with Crippen molar-refractivity contribution in [2.45, 2.75) is 59.7 Å². The number of aryl methyl sites for hydroxylation is 1. The van der Waals surface area contributed by atoms with Crippen LogP contribution in [0.2, 0.25) is 0 Å². The first-order valence-corrected chi connectivity index (χ1v) is 8.97. The average Bonchev–Trinajstić information content (AvgIpc) is 2.53. The minimum Gasteiger partial charge on any atom is -0.443 e. The van der Waals surface area contributed by atoms with E-state index < -0.39 is 29.2 Å². The second kappa shape index (κ2) is 8.10. The fraction of sp³-hybridized carbons (Fsp3) is 0.450. The van der Waals surface area contributed by atoms with Crippen molar-refractivity contribution >= 4 is 18.0 Å². The lowest BCUT2D eigenvalue weighted by atomic mass is 10.2. The molecule has 0 radical (unpaired) electrons. The number of anilines is 1. The van der Waals surface area contributed by atoms with Crippen LogP contribution in [0.1, 0.15) is 47.2 Å². The SMILES string of the molecule is Cc1nc(-c2cncc(F)c2)cnc1N(C(=O)OC(C)(C)C)C(=O)OC(C)(C)C. The molecule has 0 spiro atoms. The van der Waals surface area contributed by atoms with Gasteiger partial charge in [-0.15, -0.1) is 0 Å². The number of hydrogen-bond donors (Lipinski definition) is 0. The molecule has 0 bridgehead atoms. The van der Waals surface area contributed by atoms with Crippen LogP contribution in [-0.2, 0) is 9.47 Å². The third-order valence-corrected chi connectivity index (χ3v) is 3.29. The maximum Gasteiger partial charge on any atom is 0.425 e. The zero-order chi connectivity index (χ0) is 22.0. The Kier molecular flexibility index (Phi) is 6.20. The third kappa shape index (κ3) is 6.20. The first-order valence-electron chi connectivity index (χ1n) is 8.97. The minimum absolute atomic E-state index is 0.0402. The van der Waals surface area contributed by atoms with Crippen molar-refractivity contribution < 1.29 is 23.5 Å². The van der Waals surface area contributed by atoms with Gasteiger partial charge in [0.2, 0.25) is 0 Å². The Morgan fingerprint density at radius 1 is 0.966 bits per heavy atom. The number of halogens is 1. The summed E-state index contributed by atoms with van der Waals surface area (Å²) in [5, 5.41) is 0.